The summed E-state index contributed by atoms with van der Waals surface area (Å²) in [4.78, 5) is 20.0. The van der Waals surface area contributed by atoms with Crippen LogP contribution in [0.4, 0.5) is 0 Å². The minimum atomic E-state index is 0.648. The van der Waals surface area contributed by atoms with E-state index in [0.717, 1.165) is 72.1 Å². The zero-order valence-electron chi connectivity index (χ0n) is 23.8. The SMILES string of the molecule is c1ccc(-c2cc(-c3ccccc3)nc(-c3cc(-c4cc5ccccc5cn4)cc(-c4cc5ccccc5cn4)c3)n2)cc1. The van der Waals surface area contributed by atoms with Crippen LogP contribution in [0.2, 0.25) is 0 Å². The van der Waals surface area contributed by atoms with Gasteiger partial charge in [0.2, 0.25) is 0 Å². The van der Waals surface area contributed by atoms with Crippen LogP contribution in [0.25, 0.3) is 78.0 Å². The third-order valence-electron chi connectivity index (χ3n) is 7.91. The molecule has 0 saturated carbocycles. The van der Waals surface area contributed by atoms with Gasteiger partial charge in [0.25, 0.3) is 0 Å². The number of pyridine rings is 2. The Labute approximate surface area is 255 Å². The molecule has 0 saturated heterocycles. The van der Waals surface area contributed by atoms with Crippen molar-refractivity contribution < 1.29 is 0 Å². The highest BCUT2D eigenvalue weighted by atomic mass is 14.9. The Morgan fingerprint density at radius 3 is 1.18 bits per heavy atom. The Morgan fingerprint density at radius 1 is 0.295 bits per heavy atom. The highest BCUT2D eigenvalue weighted by Gasteiger charge is 2.15. The first kappa shape index (κ1) is 25.7. The number of hydrogen-bond donors (Lipinski definition) is 0. The maximum atomic E-state index is 5.12. The van der Waals surface area contributed by atoms with E-state index in [1.54, 1.807) is 0 Å². The van der Waals surface area contributed by atoms with E-state index in [1.165, 1.54) is 0 Å². The standard InChI is InChI=1S/C40H26N4/c1-3-11-27(12-4-1)38-24-39(28-13-5-2-6-14-28)44-40(43-38)35-20-33(36-22-29-15-7-9-17-31(29)25-41-36)19-34(21-35)37-23-30-16-8-10-18-32(30)26-42-37/h1-26H. The Kier molecular flexibility index (Phi) is 6.43. The third kappa shape index (κ3) is 4.99. The summed E-state index contributed by atoms with van der Waals surface area (Å²) >= 11 is 0. The minimum Gasteiger partial charge on any atom is -0.256 e. The maximum absolute atomic E-state index is 5.12. The van der Waals surface area contributed by atoms with Crippen LogP contribution >= 0.6 is 0 Å². The molecule has 3 heterocycles. The fourth-order valence-corrected chi connectivity index (χ4v) is 5.63. The van der Waals surface area contributed by atoms with Crippen LogP contribution in [-0.2, 0) is 0 Å². The molecule has 4 heteroatoms. The summed E-state index contributed by atoms with van der Waals surface area (Å²) in [5.74, 6) is 0.648. The summed E-state index contributed by atoms with van der Waals surface area (Å²) in [6.45, 7) is 0. The summed E-state index contributed by atoms with van der Waals surface area (Å²) in [5, 5.41) is 4.49. The number of rotatable bonds is 5. The van der Waals surface area contributed by atoms with Crippen LogP contribution in [0, 0.1) is 0 Å². The lowest BCUT2D eigenvalue weighted by atomic mass is 9.98. The molecule has 0 spiro atoms. The fourth-order valence-electron chi connectivity index (χ4n) is 5.63. The van der Waals surface area contributed by atoms with Crippen LogP contribution in [0.1, 0.15) is 0 Å². The molecule has 44 heavy (non-hydrogen) atoms. The molecule has 0 aliphatic rings. The monoisotopic (exact) mass is 562 g/mol. The third-order valence-corrected chi connectivity index (χ3v) is 7.91. The molecule has 5 aromatic carbocycles. The molecule has 0 unspecified atom stereocenters. The fraction of sp³-hybridized carbons (Fsp3) is 0. The van der Waals surface area contributed by atoms with E-state index in [9.17, 15) is 0 Å². The molecule has 0 fully saturated rings. The molecule has 3 aromatic heterocycles. The highest BCUT2D eigenvalue weighted by molar-refractivity contribution is 5.89. The molecule has 0 aliphatic heterocycles. The van der Waals surface area contributed by atoms with Crippen molar-refractivity contribution in [2.75, 3.05) is 0 Å². The van der Waals surface area contributed by atoms with Gasteiger partial charge in [0.15, 0.2) is 5.82 Å². The van der Waals surface area contributed by atoms with Gasteiger partial charge in [0.1, 0.15) is 0 Å². The predicted molar refractivity (Wildman–Crippen MR) is 180 cm³/mol. The lowest BCUT2D eigenvalue weighted by Gasteiger charge is -2.13. The van der Waals surface area contributed by atoms with Crippen molar-refractivity contribution in [1.29, 1.82) is 0 Å². The molecule has 8 rings (SSSR count). The molecule has 4 nitrogen and oxygen atoms in total. The number of benzene rings is 5. The second-order valence-corrected chi connectivity index (χ2v) is 10.8. The summed E-state index contributed by atoms with van der Waals surface area (Å²) in [6.07, 6.45) is 3.87. The van der Waals surface area contributed by atoms with E-state index in [-0.39, 0.29) is 0 Å². The van der Waals surface area contributed by atoms with E-state index in [2.05, 4.69) is 97.1 Å². The van der Waals surface area contributed by atoms with Gasteiger partial charge >= 0.3 is 0 Å². The van der Waals surface area contributed by atoms with Crippen molar-refractivity contribution >= 4 is 21.5 Å². The van der Waals surface area contributed by atoms with Gasteiger partial charge in [-0.15, -0.1) is 0 Å². The maximum Gasteiger partial charge on any atom is 0.160 e. The number of aromatic nitrogens is 4. The topological polar surface area (TPSA) is 51.6 Å². The van der Waals surface area contributed by atoms with Gasteiger partial charge in [0.05, 0.1) is 22.8 Å². The first-order valence-electron chi connectivity index (χ1n) is 14.6. The summed E-state index contributed by atoms with van der Waals surface area (Å²) in [6, 6.07) is 49.9. The van der Waals surface area contributed by atoms with Gasteiger partial charge in [0, 0.05) is 51.0 Å². The molecule has 0 atom stereocenters. The summed E-state index contributed by atoms with van der Waals surface area (Å²) in [7, 11) is 0. The first-order chi connectivity index (χ1) is 21.8. The average molecular weight is 563 g/mol. The first-order valence-corrected chi connectivity index (χ1v) is 14.6. The van der Waals surface area contributed by atoms with Gasteiger partial charge in [-0.2, -0.15) is 0 Å². The molecular weight excluding hydrogens is 536 g/mol. The quantitative estimate of drug-likeness (QED) is 0.209. The molecule has 0 amide bonds. The molecule has 0 N–H and O–H groups in total. The largest absolute Gasteiger partial charge is 0.256 e. The van der Waals surface area contributed by atoms with Gasteiger partial charge in [-0.3, -0.25) is 9.97 Å². The molecule has 0 bridgehead atoms. The van der Waals surface area contributed by atoms with Crippen molar-refractivity contribution in [3.63, 3.8) is 0 Å². The molecule has 8 aromatic rings. The van der Waals surface area contributed by atoms with Gasteiger partial charge in [-0.25, -0.2) is 9.97 Å². The lowest BCUT2D eigenvalue weighted by molar-refractivity contribution is 1.18. The molecule has 0 aliphatic carbocycles. The second kappa shape index (κ2) is 11.0. The van der Waals surface area contributed by atoms with E-state index >= 15 is 0 Å². The number of hydrogen-bond acceptors (Lipinski definition) is 4. The van der Waals surface area contributed by atoms with Gasteiger partial charge in [-0.05, 0) is 47.2 Å². The van der Waals surface area contributed by atoms with Crippen LogP contribution in [0.15, 0.2) is 158 Å². The van der Waals surface area contributed by atoms with Crippen LogP contribution in [0.5, 0.6) is 0 Å². The number of nitrogens with zero attached hydrogens (tertiary/aromatic N) is 4. The van der Waals surface area contributed by atoms with Crippen molar-refractivity contribution in [3.05, 3.63) is 158 Å². The van der Waals surface area contributed by atoms with Crippen molar-refractivity contribution in [3.8, 4) is 56.4 Å². The van der Waals surface area contributed by atoms with Crippen molar-refractivity contribution in [1.82, 2.24) is 19.9 Å². The minimum absolute atomic E-state index is 0.648. The van der Waals surface area contributed by atoms with Crippen LogP contribution < -0.4 is 0 Å². The van der Waals surface area contributed by atoms with Gasteiger partial charge < -0.3 is 0 Å². The molecule has 206 valence electrons. The molecule has 0 radical (unpaired) electrons. The van der Waals surface area contributed by atoms with E-state index in [1.807, 2.05) is 60.9 Å². The van der Waals surface area contributed by atoms with E-state index in [4.69, 9.17) is 19.9 Å². The highest BCUT2D eigenvalue weighted by Crippen LogP contribution is 2.34. The average Bonchev–Trinajstić information content (AvgIpc) is 3.11. The zero-order chi connectivity index (χ0) is 29.3. The number of fused-ring (bicyclic) bond motifs is 2. The van der Waals surface area contributed by atoms with Crippen molar-refractivity contribution in [2.45, 2.75) is 0 Å². The Hall–Kier alpha value is -6.00. The van der Waals surface area contributed by atoms with Crippen LogP contribution in [0.3, 0.4) is 0 Å². The van der Waals surface area contributed by atoms with Crippen molar-refractivity contribution in [2.24, 2.45) is 0 Å². The summed E-state index contributed by atoms with van der Waals surface area (Å²) in [5.41, 5.74) is 8.45. The molecular formula is C40H26N4. The van der Waals surface area contributed by atoms with E-state index in [0.29, 0.717) is 5.82 Å². The van der Waals surface area contributed by atoms with Gasteiger partial charge in [-0.1, -0.05) is 109 Å². The Morgan fingerprint density at radius 2 is 0.705 bits per heavy atom. The Bertz CT molecular complexity index is 2120. The van der Waals surface area contributed by atoms with Crippen LogP contribution in [-0.4, -0.2) is 19.9 Å². The van der Waals surface area contributed by atoms with E-state index < -0.39 is 0 Å². The second-order valence-electron chi connectivity index (χ2n) is 10.8. The lowest BCUT2D eigenvalue weighted by Crippen LogP contribution is -1.97. The normalized spacial score (nSPS) is 11.2. The summed E-state index contributed by atoms with van der Waals surface area (Å²) < 4.78 is 0. The smallest absolute Gasteiger partial charge is 0.160 e. The zero-order valence-corrected chi connectivity index (χ0v) is 23.8. The predicted octanol–water partition coefficient (Wildman–Crippen LogP) is 9.91. The Balaban J connectivity index is 1.36.